The molecule has 0 saturated heterocycles. The maximum Gasteiger partial charge on any atom is 0.333 e. The largest absolute Gasteiger partial charge is 0.490 e. The molecule has 13 aromatic rings. The molecule has 6 aliphatic rings. The van der Waals surface area contributed by atoms with Gasteiger partial charge in [-0.2, -0.15) is 0 Å². The second-order valence-electron chi connectivity index (χ2n) is 38.7. The summed E-state index contributed by atoms with van der Waals surface area (Å²) in [6.07, 6.45) is 6.50. The van der Waals surface area contributed by atoms with E-state index in [1.807, 2.05) is 121 Å². The van der Waals surface area contributed by atoms with Gasteiger partial charge in [0.1, 0.15) is 131 Å². The molecule has 4 fully saturated rings. The number of amides is 6. The van der Waals surface area contributed by atoms with Gasteiger partial charge in [-0.25, -0.2) is 19.2 Å². The lowest BCUT2D eigenvalue weighted by atomic mass is 9.80. The lowest BCUT2D eigenvalue weighted by Crippen LogP contribution is -2.47. The number of carbonyl (C=O) groups is 10. The van der Waals surface area contributed by atoms with Crippen molar-refractivity contribution in [3.8, 4) is 69.0 Å². The van der Waals surface area contributed by atoms with Crippen molar-refractivity contribution in [2.24, 2.45) is 0 Å². The molecule has 26 nitrogen and oxygen atoms in total. The van der Waals surface area contributed by atoms with Gasteiger partial charge in [0.2, 0.25) is 11.8 Å². The molecule has 19 rings (SSSR count). The molecule has 8 unspecified atom stereocenters. The molecule has 0 radical (unpaired) electrons. The first kappa shape index (κ1) is 98.4. The Hall–Kier alpha value is -16.4. The molecule has 6 amide bonds. The lowest BCUT2D eigenvalue weighted by molar-refractivity contribution is -0.148. The summed E-state index contributed by atoms with van der Waals surface area (Å²) in [5.41, 5.74) is 3.82. The summed E-state index contributed by atoms with van der Waals surface area (Å²) in [7, 11) is 0. The molecular formula is C120H112N4O22. The number of hydrogen-bond acceptors (Lipinski definition) is 22. The average molecular weight is 1960 g/mol. The molecule has 8 atom stereocenters. The molecule has 2 heterocycles. The highest BCUT2D eigenvalue weighted by Crippen LogP contribution is 2.59. The Balaban J connectivity index is 0.841. The Morgan fingerprint density at radius 3 is 0.671 bits per heavy atom. The number of benzene rings is 13. The van der Waals surface area contributed by atoms with E-state index in [-0.39, 0.29) is 184 Å². The monoisotopic (exact) mass is 1960 g/mol. The van der Waals surface area contributed by atoms with Crippen LogP contribution >= 0.6 is 0 Å². The zero-order chi connectivity index (χ0) is 102. The molecule has 0 spiro atoms. The summed E-state index contributed by atoms with van der Waals surface area (Å²) < 4.78 is 80.1. The summed E-state index contributed by atoms with van der Waals surface area (Å²) in [6.45, 7) is 20.4. The molecule has 0 N–H and O–H groups in total. The van der Waals surface area contributed by atoms with Crippen molar-refractivity contribution in [2.45, 2.75) is 205 Å². The first-order chi connectivity index (χ1) is 70.7. The van der Waals surface area contributed by atoms with Gasteiger partial charge in [0.05, 0.1) is 22.3 Å². The number of imide groups is 2. The van der Waals surface area contributed by atoms with E-state index < -0.39 is 96.8 Å². The third-order valence-electron chi connectivity index (χ3n) is 27.4. The van der Waals surface area contributed by atoms with E-state index >= 15 is 28.8 Å². The van der Waals surface area contributed by atoms with Crippen molar-refractivity contribution in [2.75, 3.05) is 13.1 Å². The molecule has 0 aromatic heterocycles. The Morgan fingerprint density at radius 2 is 0.466 bits per heavy atom. The van der Waals surface area contributed by atoms with Gasteiger partial charge in [0, 0.05) is 117 Å². The van der Waals surface area contributed by atoms with Gasteiger partial charge in [-0.15, -0.1) is 0 Å². The number of ether oxygens (including phenoxy) is 12. The predicted molar refractivity (Wildman–Crippen MR) is 549 cm³/mol. The summed E-state index contributed by atoms with van der Waals surface area (Å²) in [6, 6.07) is 70.9. The van der Waals surface area contributed by atoms with Gasteiger partial charge in [0.15, 0.2) is 0 Å². The maximum absolute atomic E-state index is 16.8. The molecule has 4 aliphatic carbocycles. The first-order valence-electron chi connectivity index (χ1n) is 49.7. The maximum atomic E-state index is 16.8. The standard InChI is InChI=1S/C120H112N4O22/c1-71(2)117(131)143-91-37-21-33-87(57-91)135-79-41-49-83(50-42-79)139-99-61-95-105-96(114(128)123(113(95)127)69-103(125)121(65-75-25-13-9-14-26-75)66-76-27-15-10-16-28-76)63-101(141-85-53-45-81(46-54-85)137-89-35-23-39-93(59-89)145-119(133)73(5)6)109-110-102(142-86-55-47-82(48-56-86)138-90-36-24-40-94(60-90)146-120(134)74(7)8)64-98-106-97(115(129)124(116(98)130)70-104(126)122(67-77-29-17-11-18-30-77)68-78-31-19-12-20-32-78)62-100(108(112(106)110)107(99)111(105)109)140-84-51-43-80(44-52-84)136-88-34-22-38-92(58-88)144-118(132)72(3)4/h9-20,25-32,41-56,61-64,87-94H,1,3,5,7,21-24,33-40,57-60,65-70H2,2,4,6,8H3. The highest BCUT2D eigenvalue weighted by molar-refractivity contribution is 6.45. The van der Waals surface area contributed by atoms with E-state index in [9.17, 15) is 19.2 Å². The van der Waals surface area contributed by atoms with Gasteiger partial charge in [0.25, 0.3) is 23.6 Å². The zero-order valence-electron chi connectivity index (χ0n) is 81.9. The van der Waals surface area contributed by atoms with Gasteiger partial charge in [-0.3, -0.25) is 38.6 Å². The Labute approximate surface area is 845 Å². The van der Waals surface area contributed by atoms with Crippen LogP contribution in [0, 0.1) is 0 Å². The van der Waals surface area contributed by atoms with Crippen LogP contribution in [0.2, 0.25) is 0 Å². The number of hydrogen-bond donors (Lipinski definition) is 0. The van der Waals surface area contributed by atoms with Crippen LogP contribution in [0.15, 0.2) is 291 Å². The molecule has 2 aliphatic heterocycles. The molecule has 26 heteroatoms. The molecule has 0 bridgehead atoms. The highest BCUT2D eigenvalue weighted by Gasteiger charge is 2.45. The Kier molecular flexibility index (Phi) is 29.3. The van der Waals surface area contributed by atoms with Gasteiger partial charge >= 0.3 is 23.9 Å². The number of nitrogens with zero attached hydrogens (tertiary/aromatic N) is 4. The summed E-state index contributed by atoms with van der Waals surface area (Å²) >= 11 is 0. The Morgan fingerprint density at radius 1 is 0.267 bits per heavy atom. The zero-order valence-corrected chi connectivity index (χ0v) is 81.9. The van der Waals surface area contributed by atoms with Crippen LogP contribution in [-0.4, -0.2) is 141 Å². The lowest BCUT2D eigenvalue weighted by Gasteiger charge is -2.33. The fourth-order valence-corrected chi connectivity index (χ4v) is 20.3. The van der Waals surface area contributed by atoms with Crippen molar-refractivity contribution in [3.05, 3.63) is 336 Å². The third kappa shape index (κ3) is 22.2. The fraction of sp³-hybridized carbons (Fsp3) is 0.283. The van der Waals surface area contributed by atoms with E-state index in [1.165, 1.54) is 24.3 Å². The van der Waals surface area contributed by atoms with Crippen molar-refractivity contribution in [1.29, 1.82) is 0 Å². The topological polar surface area (TPSA) is 294 Å². The number of rotatable bonds is 36. The summed E-state index contributed by atoms with van der Waals surface area (Å²) in [4.78, 5) is 155. The van der Waals surface area contributed by atoms with E-state index in [2.05, 4.69) is 26.3 Å². The minimum atomic E-state index is -0.887. The number of fused-ring (bicyclic) bond motifs is 2. The molecule has 744 valence electrons. The van der Waals surface area contributed by atoms with Gasteiger partial charge in [-0.1, -0.05) is 148 Å². The van der Waals surface area contributed by atoms with Gasteiger partial charge < -0.3 is 66.6 Å². The van der Waals surface area contributed by atoms with E-state index in [0.29, 0.717) is 126 Å². The molecule has 146 heavy (non-hydrogen) atoms. The fourth-order valence-electron chi connectivity index (χ4n) is 20.3. The van der Waals surface area contributed by atoms with Crippen LogP contribution in [0.5, 0.6) is 69.0 Å². The second kappa shape index (κ2) is 43.4. The summed E-state index contributed by atoms with van der Waals surface area (Å²) in [5, 5.41) is 0.969. The normalized spacial score (nSPS) is 18.6. The van der Waals surface area contributed by atoms with E-state index in [1.54, 1.807) is 135 Å². The number of carbonyl (C=O) groups excluding carboxylic acids is 10. The van der Waals surface area contributed by atoms with E-state index in [4.69, 9.17) is 56.8 Å². The van der Waals surface area contributed by atoms with Crippen LogP contribution in [0.3, 0.4) is 0 Å². The highest BCUT2D eigenvalue weighted by atomic mass is 16.6. The SMILES string of the molecule is C=C(C)C(=O)OC1CCCC(Oc2ccc(Oc3cc4c5c(cc(Oc6ccc(OC7CCCC(OC(=O)C(=C)C)C7)cc6)c6c7c(Oc8ccc(OC9CCCC(OC(=O)C(=C)C)C9)cc8)cc8c9c(cc(Oc%10ccc(OC%11CCCC(OC(=O)C(=C)C)C%11)cc%10)c(c3c56)c97)C(=O)N(CC(=O)N(Cc3ccccc3)Cc3ccccc3)C8=O)C(=O)N(CC(=O)N(Cc3ccccc3)Cc3ccccc3)C4=O)cc2)C1. The van der Waals surface area contributed by atoms with Gasteiger partial charge in [-0.05, 0) is 248 Å². The van der Waals surface area contributed by atoms with Crippen LogP contribution in [0.1, 0.15) is 194 Å². The molecular weight excluding hydrogens is 1850 g/mol. The molecule has 4 saturated carbocycles. The van der Waals surface area contributed by atoms with Crippen LogP contribution < -0.4 is 37.9 Å². The van der Waals surface area contributed by atoms with Crippen molar-refractivity contribution in [3.63, 3.8) is 0 Å². The van der Waals surface area contributed by atoms with Crippen molar-refractivity contribution >= 4 is 102 Å². The second-order valence-corrected chi connectivity index (χ2v) is 38.7. The van der Waals surface area contributed by atoms with Crippen LogP contribution in [-0.2, 0) is 73.9 Å². The van der Waals surface area contributed by atoms with Crippen LogP contribution in [0.25, 0.3) is 43.1 Å². The number of esters is 4. The van der Waals surface area contributed by atoms with E-state index in [0.717, 1.165) is 32.1 Å². The molecule has 13 aromatic carbocycles. The minimum absolute atomic E-state index is 0.0572. The average Bonchev–Trinajstić information content (AvgIpc) is 0.669. The smallest absolute Gasteiger partial charge is 0.333 e. The third-order valence-corrected chi connectivity index (χ3v) is 27.4. The van der Waals surface area contributed by atoms with Crippen LogP contribution in [0.4, 0.5) is 0 Å². The van der Waals surface area contributed by atoms with Crippen molar-refractivity contribution in [1.82, 2.24) is 19.6 Å². The summed E-state index contributed by atoms with van der Waals surface area (Å²) in [5.74, 6) is -4.39. The first-order valence-corrected chi connectivity index (χ1v) is 49.7. The minimum Gasteiger partial charge on any atom is -0.490 e. The predicted octanol–water partition coefficient (Wildman–Crippen LogP) is 23.8. The quantitative estimate of drug-likeness (QED) is 0.00880. The Bertz CT molecular complexity index is 6410. The van der Waals surface area contributed by atoms with Crippen molar-refractivity contribution < 1.29 is 105 Å².